The summed E-state index contributed by atoms with van der Waals surface area (Å²) >= 11 is 0. The molecule has 0 aliphatic carbocycles. The van der Waals surface area contributed by atoms with Crippen LogP contribution in [0.5, 0.6) is 0 Å². The molecule has 0 spiro atoms. The number of carbonyl (C=O) groups excluding carboxylic acids is 2. The molecule has 4 N–H and O–H groups in total. The Morgan fingerprint density at radius 3 is 1.61 bits per heavy atom. The summed E-state index contributed by atoms with van der Waals surface area (Å²) in [7, 11) is 0. The van der Waals surface area contributed by atoms with Gasteiger partial charge < -0.3 is 21.1 Å². The molecule has 2 aromatic heterocycles. The van der Waals surface area contributed by atoms with Crippen molar-refractivity contribution < 1.29 is 19.3 Å². The van der Waals surface area contributed by atoms with Gasteiger partial charge in [0, 0.05) is 12.1 Å². The molecular formula is C8H8N6O4. The largest absolute Gasteiger partial charge is 0.445 e. The van der Waals surface area contributed by atoms with Gasteiger partial charge in [-0.05, 0) is 0 Å². The Morgan fingerprint density at radius 1 is 0.944 bits per heavy atom. The summed E-state index contributed by atoms with van der Waals surface area (Å²) in [5, 5.41) is 7.09. The van der Waals surface area contributed by atoms with Crippen LogP contribution in [0.1, 0.15) is 0 Å². The zero-order valence-electron chi connectivity index (χ0n) is 8.89. The summed E-state index contributed by atoms with van der Waals surface area (Å²) in [6, 6.07) is 2.76. The lowest BCUT2D eigenvalue weighted by Gasteiger charge is -2.05. The van der Waals surface area contributed by atoms with Gasteiger partial charge in [0.25, 0.3) is 0 Å². The molecule has 0 fully saturated rings. The standard InChI is InChI=1S/C8H8N6O4/c9-5-1-3-11-13(5)17-7(15)8(16)18-14-6(10)2-4-12-14/h1-4H,9-10H2. The van der Waals surface area contributed by atoms with Gasteiger partial charge in [-0.15, -0.1) is 10.2 Å². The molecule has 0 saturated heterocycles. The number of anilines is 2. The van der Waals surface area contributed by atoms with Crippen LogP contribution in [0.15, 0.2) is 24.5 Å². The highest BCUT2D eigenvalue weighted by Crippen LogP contribution is 1.98. The fraction of sp³-hybridized carbons (Fsp3) is 0. The van der Waals surface area contributed by atoms with Crippen LogP contribution >= 0.6 is 0 Å². The van der Waals surface area contributed by atoms with Crippen LogP contribution in [0.2, 0.25) is 0 Å². The Morgan fingerprint density at radius 2 is 1.33 bits per heavy atom. The van der Waals surface area contributed by atoms with E-state index in [1.807, 2.05) is 0 Å². The third-order valence-corrected chi connectivity index (χ3v) is 1.78. The molecule has 0 saturated carbocycles. The topological polar surface area (TPSA) is 140 Å². The van der Waals surface area contributed by atoms with Crippen molar-refractivity contribution in [3.05, 3.63) is 24.5 Å². The number of carbonyl (C=O) groups is 2. The van der Waals surface area contributed by atoms with Crippen molar-refractivity contribution in [2.24, 2.45) is 0 Å². The summed E-state index contributed by atoms with van der Waals surface area (Å²) in [5.74, 6) is -2.54. The highest BCUT2D eigenvalue weighted by atomic mass is 16.8. The highest BCUT2D eigenvalue weighted by molar-refractivity contribution is 6.30. The second-order valence-electron chi connectivity index (χ2n) is 3.02. The highest BCUT2D eigenvalue weighted by Gasteiger charge is 2.22. The number of nitrogens with two attached hydrogens (primary N) is 2. The molecule has 0 aliphatic rings. The monoisotopic (exact) mass is 252 g/mol. The Bertz CT molecular complexity index is 536. The van der Waals surface area contributed by atoms with Crippen LogP contribution in [0.25, 0.3) is 0 Å². The van der Waals surface area contributed by atoms with Crippen molar-refractivity contribution in [1.82, 2.24) is 19.9 Å². The van der Waals surface area contributed by atoms with E-state index in [4.69, 9.17) is 11.5 Å². The van der Waals surface area contributed by atoms with E-state index in [1.165, 1.54) is 24.5 Å². The quantitative estimate of drug-likeness (QED) is 0.576. The molecule has 2 heterocycles. The van der Waals surface area contributed by atoms with E-state index in [0.717, 1.165) is 0 Å². The molecular weight excluding hydrogens is 244 g/mol. The van der Waals surface area contributed by atoms with Crippen LogP contribution < -0.4 is 21.1 Å². The number of hydrogen-bond donors (Lipinski definition) is 2. The number of nitrogen functional groups attached to an aromatic ring is 2. The number of nitrogens with zero attached hydrogens (tertiary/aromatic N) is 4. The zero-order chi connectivity index (χ0) is 13.1. The predicted octanol–water partition coefficient (Wildman–Crippen LogP) is -2.15. The lowest BCUT2D eigenvalue weighted by molar-refractivity contribution is -0.169. The molecule has 0 atom stereocenters. The molecule has 0 amide bonds. The summed E-state index contributed by atoms with van der Waals surface area (Å²) in [4.78, 5) is 33.0. The average Bonchev–Trinajstić information content (AvgIpc) is 2.90. The summed E-state index contributed by atoms with van der Waals surface area (Å²) < 4.78 is 0. The molecule has 2 rings (SSSR count). The van der Waals surface area contributed by atoms with Gasteiger partial charge in [-0.2, -0.15) is 0 Å². The molecule has 94 valence electrons. The van der Waals surface area contributed by atoms with Crippen LogP contribution in [0.4, 0.5) is 11.6 Å². The first-order valence-electron chi connectivity index (χ1n) is 4.62. The molecule has 10 heteroatoms. The minimum absolute atomic E-state index is 0.0507. The van der Waals surface area contributed by atoms with E-state index in [2.05, 4.69) is 19.9 Å². The van der Waals surface area contributed by atoms with Gasteiger partial charge in [-0.1, -0.05) is 9.69 Å². The van der Waals surface area contributed by atoms with Crippen LogP contribution in [-0.4, -0.2) is 31.8 Å². The van der Waals surface area contributed by atoms with Crippen molar-refractivity contribution in [1.29, 1.82) is 0 Å². The number of rotatable bonds is 2. The first-order valence-corrected chi connectivity index (χ1v) is 4.62. The van der Waals surface area contributed by atoms with Crippen molar-refractivity contribution >= 4 is 23.6 Å². The molecule has 0 unspecified atom stereocenters. The van der Waals surface area contributed by atoms with Gasteiger partial charge in [0.1, 0.15) is 0 Å². The Hall–Kier alpha value is -3.04. The Balaban J connectivity index is 2.00. The first kappa shape index (κ1) is 11.4. The normalized spacial score (nSPS) is 10.0. The maximum atomic E-state index is 11.3. The second kappa shape index (κ2) is 4.45. The molecule has 0 radical (unpaired) electrons. The number of aromatic nitrogens is 4. The van der Waals surface area contributed by atoms with E-state index in [-0.39, 0.29) is 11.6 Å². The van der Waals surface area contributed by atoms with Crippen LogP contribution in [0.3, 0.4) is 0 Å². The van der Waals surface area contributed by atoms with Gasteiger partial charge in [-0.25, -0.2) is 9.59 Å². The SMILES string of the molecule is Nc1ccnn1OC(=O)C(=O)On1nccc1N. The van der Waals surface area contributed by atoms with Gasteiger partial charge in [0.15, 0.2) is 11.6 Å². The third kappa shape index (κ3) is 2.21. The summed E-state index contributed by atoms with van der Waals surface area (Å²) in [6.45, 7) is 0. The van der Waals surface area contributed by atoms with E-state index < -0.39 is 11.9 Å². The van der Waals surface area contributed by atoms with E-state index in [0.29, 0.717) is 9.69 Å². The first-order chi connectivity index (χ1) is 8.58. The third-order valence-electron chi connectivity index (χ3n) is 1.78. The van der Waals surface area contributed by atoms with Gasteiger partial charge >= 0.3 is 11.9 Å². The van der Waals surface area contributed by atoms with Crippen molar-refractivity contribution in [3.63, 3.8) is 0 Å². The lowest BCUT2D eigenvalue weighted by atomic mass is 10.7. The van der Waals surface area contributed by atoms with E-state index in [1.54, 1.807) is 0 Å². The minimum Gasteiger partial charge on any atom is -0.381 e. The fourth-order valence-electron chi connectivity index (χ4n) is 0.986. The maximum Gasteiger partial charge on any atom is 0.445 e. The van der Waals surface area contributed by atoms with Crippen molar-refractivity contribution in [2.45, 2.75) is 0 Å². The molecule has 10 nitrogen and oxygen atoms in total. The minimum atomic E-state index is -1.32. The van der Waals surface area contributed by atoms with E-state index >= 15 is 0 Å². The fourth-order valence-corrected chi connectivity index (χ4v) is 0.986. The van der Waals surface area contributed by atoms with Crippen LogP contribution in [0, 0.1) is 0 Å². The van der Waals surface area contributed by atoms with Crippen molar-refractivity contribution in [3.8, 4) is 0 Å². The van der Waals surface area contributed by atoms with E-state index in [9.17, 15) is 9.59 Å². The Kier molecular flexibility index (Phi) is 2.83. The lowest BCUT2D eigenvalue weighted by Crippen LogP contribution is -2.36. The van der Waals surface area contributed by atoms with Gasteiger partial charge in [-0.3, -0.25) is 0 Å². The maximum absolute atomic E-state index is 11.3. The number of hydrogen-bond acceptors (Lipinski definition) is 8. The van der Waals surface area contributed by atoms with Crippen LogP contribution in [-0.2, 0) is 9.59 Å². The summed E-state index contributed by atoms with van der Waals surface area (Å²) in [6.07, 6.45) is 2.58. The zero-order valence-corrected chi connectivity index (χ0v) is 8.89. The smallest absolute Gasteiger partial charge is 0.381 e. The second-order valence-corrected chi connectivity index (χ2v) is 3.02. The van der Waals surface area contributed by atoms with Crippen molar-refractivity contribution in [2.75, 3.05) is 11.5 Å². The van der Waals surface area contributed by atoms with Gasteiger partial charge in [0.05, 0.1) is 12.4 Å². The molecule has 0 aliphatic heterocycles. The molecule has 18 heavy (non-hydrogen) atoms. The average molecular weight is 252 g/mol. The molecule has 2 aromatic rings. The molecule has 0 aromatic carbocycles. The van der Waals surface area contributed by atoms with Gasteiger partial charge in [0.2, 0.25) is 0 Å². The Labute approximate surface area is 99.6 Å². The molecule has 0 bridgehead atoms. The predicted molar refractivity (Wildman–Crippen MR) is 56.5 cm³/mol. The summed E-state index contributed by atoms with van der Waals surface area (Å²) in [5.41, 5.74) is 10.8.